The van der Waals surface area contributed by atoms with Crippen molar-refractivity contribution in [2.75, 3.05) is 6.79 Å². The zero-order chi connectivity index (χ0) is 36.7. The highest BCUT2D eigenvalue weighted by molar-refractivity contribution is 5.91. The van der Waals surface area contributed by atoms with Crippen LogP contribution >= 0.6 is 0 Å². The second kappa shape index (κ2) is 16.1. The number of aryl methyl sites for hydroxylation is 1. The maximum absolute atomic E-state index is 14.6. The van der Waals surface area contributed by atoms with E-state index in [0.717, 1.165) is 34.7 Å². The maximum Gasteiger partial charge on any atom is 0.419 e. The number of rotatable bonds is 13. The average molecular weight is 704 g/mol. The SMILES string of the molecule is CCCCc1nc(CC(C(=O)N[C@@H](Cc2cccc3ccccc23)C(=O)OCc2ccccc2)c2ccc3c(c2)OCO3)cn1C(=O)OC(C)(C)C. The molecule has 2 heterocycles. The van der Waals surface area contributed by atoms with Crippen molar-refractivity contribution in [2.24, 2.45) is 0 Å². The highest BCUT2D eigenvalue weighted by Gasteiger charge is 2.31. The lowest BCUT2D eigenvalue weighted by Gasteiger charge is -2.23. The highest BCUT2D eigenvalue weighted by atomic mass is 16.7. The molecule has 10 nitrogen and oxygen atoms in total. The predicted octanol–water partition coefficient (Wildman–Crippen LogP) is 7.69. The molecule has 270 valence electrons. The summed E-state index contributed by atoms with van der Waals surface area (Å²) in [6.07, 6.45) is 3.77. The molecule has 2 atom stereocenters. The summed E-state index contributed by atoms with van der Waals surface area (Å²) in [5.41, 5.74) is 2.21. The van der Waals surface area contributed by atoms with Crippen molar-refractivity contribution in [1.29, 1.82) is 0 Å². The second-order valence-electron chi connectivity index (χ2n) is 14.0. The first-order chi connectivity index (χ1) is 25.1. The van der Waals surface area contributed by atoms with Crippen molar-refractivity contribution < 1.29 is 33.3 Å². The van der Waals surface area contributed by atoms with E-state index in [1.165, 1.54) is 4.57 Å². The molecule has 4 aromatic carbocycles. The summed E-state index contributed by atoms with van der Waals surface area (Å²) in [6.45, 7) is 7.66. The molecule has 1 unspecified atom stereocenters. The van der Waals surface area contributed by atoms with Crippen molar-refractivity contribution in [1.82, 2.24) is 14.9 Å². The van der Waals surface area contributed by atoms with Crippen molar-refractivity contribution >= 4 is 28.7 Å². The van der Waals surface area contributed by atoms with Crippen molar-refractivity contribution in [3.8, 4) is 11.5 Å². The molecule has 0 aliphatic carbocycles. The lowest BCUT2D eigenvalue weighted by atomic mass is 9.92. The van der Waals surface area contributed by atoms with E-state index in [1.807, 2.05) is 99.6 Å². The van der Waals surface area contributed by atoms with Gasteiger partial charge in [-0.3, -0.25) is 4.79 Å². The number of hydrogen-bond donors (Lipinski definition) is 1. The summed E-state index contributed by atoms with van der Waals surface area (Å²) in [6, 6.07) is 27.6. The van der Waals surface area contributed by atoms with E-state index in [4.69, 9.17) is 23.9 Å². The van der Waals surface area contributed by atoms with E-state index in [2.05, 4.69) is 12.2 Å². The molecule has 1 aliphatic rings. The molecule has 0 saturated carbocycles. The molecule has 0 radical (unpaired) electrons. The lowest BCUT2D eigenvalue weighted by molar-refractivity contribution is -0.149. The molecule has 0 fully saturated rings. The molecular formula is C42H45N3O7. The van der Waals surface area contributed by atoms with Gasteiger partial charge in [-0.05, 0) is 66.8 Å². The fourth-order valence-electron chi connectivity index (χ4n) is 6.24. The number of nitrogens with zero attached hydrogens (tertiary/aromatic N) is 2. The summed E-state index contributed by atoms with van der Waals surface area (Å²) in [4.78, 5) is 46.5. The zero-order valence-corrected chi connectivity index (χ0v) is 30.1. The van der Waals surface area contributed by atoms with Crippen LogP contribution in [0.1, 0.15) is 74.7 Å². The van der Waals surface area contributed by atoms with Gasteiger partial charge in [0.15, 0.2) is 11.5 Å². The molecular weight excluding hydrogens is 658 g/mol. The van der Waals surface area contributed by atoms with Gasteiger partial charge in [-0.15, -0.1) is 0 Å². The minimum absolute atomic E-state index is 0.0653. The Hall–Kier alpha value is -5.64. The van der Waals surface area contributed by atoms with Crippen LogP contribution in [0.5, 0.6) is 11.5 Å². The van der Waals surface area contributed by atoms with Crippen LogP contribution in [0.2, 0.25) is 0 Å². The number of aromatic nitrogens is 2. The van der Waals surface area contributed by atoms with Crippen LogP contribution in [0.3, 0.4) is 0 Å². The van der Waals surface area contributed by atoms with Crippen LogP contribution in [0.15, 0.2) is 97.2 Å². The molecule has 1 amide bonds. The smallest absolute Gasteiger partial charge is 0.419 e. The number of amides is 1. The topological polar surface area (TPSA) is 118 Å². The third kappa shape index (κ3) is 8.98. The van der Waals surface area contributed by atoms with Crippen LogP contribution in [0.25, 0.3) is 10.8 Å². The van der Waals surface area contributed by atoms with E-state index in [1.54, 1.807) is 18.3 Å². The number of unbranched alkanes of at least 4 members (excludes halogenated alkanes) is 1. The Bertz CT molecular complexity index is 2030. The van der Waals surface area contributed by atoms with Gasteiger partial charge in [-0.2, -0.15) is 0 Å². The van der Waals surface area contributed by atoms with Gasteiger partial charge in [0.1, 0.15) is 24.1 Å². The third-order valence-corrected chi connectivity index (χ3v) is 8.83. The van der Waals surface area contributed by atoms with Crippen LogP contribution in [-0.2, 0) is 44.9 Å². The second-order valence-corrected chi connectivity index (χ2v) is 14.0. The fraction of sp³-hybridized carbons (Fsp3) is 0.333. The van der Waals surface area contributed by atoms with E-state index in [-0.39, 0.29) is 26.2 Å². The normalized spacial score (nSPS) is 13.4. The number of imidazole rings is 1. The first-order valence-electron chi connectivity index (χ1n) is 17.8. The number of hydrogen-bond acceptors (Lipinski definition) is 8. The molecule has 1 aliphatic heterocycles. The monoisotopic (exact) mass is 703 g/mol. The Morgan fingerprint density at radius 1 is 0.904 bits per heavy atom. The van der Waals surface area contributed by atoms with Crippen LogP contribution in [-0.4, -0.2) is 46.0 Å². The number of nitrogens with one attached hydrogen (secondary N) is 1. The fourth-order valence-corrected chi connectivity index (χ4v) is 6.24. The van der Waals surface area contributed by atoms with Gasteiger partial charge in [0.05, 0.1) is 11.6 Å². The molecule has 10 heteroatoms. The van der Waals surface area contributed by atoms with Gasteiger partial charge >= 0.3 is 12.1 Å². The summed E-state index contributed by atoms with van der Waals surface area (Å²) >= 11 is 0. The Labute approximate surface area is 304 Å². The van der Waals surface area contributed by atoms with E-state index in [9.17, 15) is 14.4 Å². The Morgan fingerprint density at radius 2 is 1.65 bits per heavy atom. The van der Waals surface area contributed by atoms with Gasteiger partial charge in [0.2, 0.25) is 12.7 Å². The van der Waals surface area contributed by atoms with Crippen molar-refractivity contribution in [2.45, 2.75) is 84.0 Å². The van der Waals surface area contributed by atoms with Gasteiger partial charge in [0.25, 0.3) is 0 Å². The molecule has 1 aromatic heterocycles. The molecule has 0 bridgehead atoms. The standard InChI is InChI=1S/C42H45N3O7/c1-5-6-19-38-43-32(25-45(38)41(48)52-42(2,3)4)24-34(31-20-21-36-37(23-31)51-27-50-36)39(46)44-35(40(47)49-26-28-13-8-7-9-14-28)22-30-17-12-16-29-15-10-11-18-33(29)30/h7-18,20-21,23,25,34-35H,5-6,19,22,24,26-27H2,1-4H3,(H,44,46)/t34?,35-/m0/s1. The van der Waals surface area contributed by atoms with Gasteiger partial charge in [-0.1, -0.05) is 92.2 Å². The van der Waals surface area contributed by atoms with E-state index >= 15 is 0 Å². The number of carbonyl (C=O) groups excluding carboxylic acids is 3. The highest BCUT2D eigenvalue weighted by Crippen LogP contribution is 2.36. The van der Waals surface area contributed by atoms with E-state index < -0.39 is 35.5 Å². The Balaban J connectivity index is 1.33. The molecule has 0 saturated heterocycles. The molecule has 6 rings (SSSR count). The summed E-state index contributed by atoms with van der Waals surface area (Å²) in [7, 11) is 0. The number of ether oxygens (including phenoxy) is 4. The van der Waals surface area contributed by atoms with Gasteiger partial charge in [0, 0.05) is 25.5 Å². The minimum Gasteiger partial charge on any atom is -0.459 e. The van der Waals surface area contributed by atoms with Crippen LogP contribution in [0, 0.1) is 0 Å². The van der Waals surface area contributed by atoms with Gasteiger partial charge in [-0.25, -0.2) is 19.1 Å². The molecule has 52 heavy (non-hydrogen) atoms. The lowest BCUT2D eigenvalue weighted by Crippen LogP contribution is -2.45. The third-order valence-electron chi connectivity index (χ3n) is 8.83. The summed E-state index contributed by atoms with van der Waals surface area (Å²) in [5, 5.41) is 5.06. The number of fused-ring (bicyclic) bond motifs is 2. The number of benzene rings is 4. The number of carbonyl (C=O) groups is 3. The van der Waals surface area contributed by atoms with Crippen molar-refractivity contribution in [3.63, 3.8) is 0 Å². The first-order valence-corrected chi connectivity index (χ1v) is 17.8. The quantitative estimate of drug-likeness (QED) is 0.124. The minimum atomic E-state index is -1.00. The Morgan fingerprint density at radius 3 is 2.44 bits per heavy atom. The molecule has 0 spiro atoms. The summed E-state index contributed by atoms with van der Waals surface area (Å²) in [5.74, 6) is -0.0971. The number of esters is 1. The predicted molar refractivity (Wildman–Crippen MR) is 197 cm³/mol. The summed E-state index contributed by atoms with van der Waals surface area (Å²) < 4.78 is 24.1. The van der Waals surface area contributed by atoms with Crippen molar-refractivity contribution in [3.05, 3.63) is 125 Å². The zero-order valence-electron chi connectivity index (χ0n) is 30.1. The Kier molecular flexibility index (Phi) is 11.2. The maximum atomic E-state index is 14.6. The first kappa shape index (κ1) is 36.2. The van der Waals surface area contributed by atoms with Crippen LogP contribution in [0.4, 0.5) is 4.79 Å². The molecule has 1 N–H and O–H groups in total. The average Bonchev–Trinajstić information content (AvgIpc) is 3.78. The van der Waals surface area contributed by atoms with E-state index in [0.29, 0.717) is 35.0 Å². The largest absolute Gasteiger partial charge is 0.459 e. The van der Waals surface area contributed by atoms with Gasteiger partial charge < -0.3 is 24.3 Å². The molecule has 5 aromatic rings. The van der Waals surface area contributed by atoms with Crippen LogP contribution < -0.4 is 14.8 Å².